The van der Waals surface area contributed by atoms with E-state index in [1.54, 1.807) is 0 Å². The zero-order chi connectivity index (χ0) is 13.2. The van der Waals surface area contributed by atoms with Crippen LogP contribution in [0.5, 0.6) is 5.75 Å². The van der Waals surface area contributed by atoms with E-state index in [4.69, 9.17) is 10.3 Å². The van der Waals surface area contributed by atoms with Crippen molar-refractivity contribution in [2.45, 2.75) is 25.2 Å². The van der Waals surface area contributed by atoms with Crippen molar-refractivity contribution in [3.05, 3.63) is 38.7 Å². The fourth-order valence-corrected chi connectivity index (χ4v) is 2.78. The molecule has 3 rings (SSSR count). The molecule has 2 aliphatic carbocycles. The molecule has 0 radical (unpaired) electrons. The molecule has 4 nitrogen and oxygen atoms in total. The molecule has 2 fully saturated rings. The predicted molar refractivity (Wildman–Crippen MR) is 77.2 cm³/mol. The minimum atomic E-state index is 0.480. The highest BCUT2D eigenvalue weighted by Crippen LogP contribution is 2.51. The number of nitrogens with zero attached hydrogens (tertiary/aromatic N) is 3. The summed E-state index contributed by atoms with van der Waals surface area (Å²) in [5, 5.41) is 3.67. The van der Waals surface area contributed by atoms with Crippen LogP contribution in [-0.2, 0) is 0 Å². The molecule has 0 unspecified atom stereocenters. The molecule has 0 aromatic heterocycles. The van der Waals surface area contributed by atoms with Crippen molar-refractivity contribution in [1.82, 2.24) is 0 Å². The Bertz CT molecular complexity index is 523. The van der Waals surface area contributed by atoms with Gasteiger partial charge in [-0.2, -0.15) is 0 Å². The Morgan fingerprint density at radius 3 is 3.00 bits per heavy atom. The van der Waals surface area contributed by atoms with Gasteiger partial charge in [-0.05, 0) is 66.3 Å². The van der Waals surface area contributed by atoms with E-state index in [9.17, 15) is 0 Å². The Labute approximate surface area is 120 Å². The summed E-state index contributed by atoms with van der Waals surface area (Å²) in [7, 11) is 0. The molecular formula is C14H16BrN3O. The van der Waals surface area contributed by atoms with Gasteiger partial charge in [0.15, 0.2) is 0 Å². The second-order valence-electron chi connectivity index (χ2n) is 5.45. The molecule has 2 saturated carbocycles. The van der Waals surface area contributed by atoms with Gasteiger partial charge in [0.25, 0.3) is 0 Å². The minimum Gasteiger partial charge on any atom is -0.493 e. The summed E-state index contributed by atoms with van der Waals surface area (Å²) < 4.78 is 7.03. The molecule has 0 saturated heterocycles. The van der Waals surface area contributed by atoms with Gasteiger partial charge in [-0.1, -0.05) is 21.0 Å². The van der Waals surface area contributed by atoms with Crippen molar-refractivity contribution in [1.29, 1.82) is 0 Å². The van der Waals surface area contributed by atoms with Crippen LogP contribution in [0.1, 0.15) is 30.7 Å². The molecule has 1 aromatic rings. The van der Waals surface area contributed by atoms with Crippen molar-refractivity contribution in [2.75, 3.05) is 13.2 Å². The summed E-state index contributed by atoms with van der Waals surface area (Å²) in [6.45, 7) is 1.43. The summed E-state index contributed by atoms with van der Waals surface area (Å²) in [6.07, 6.45) is 3.69. The fourth-order valence-electron chi connectivity index (χ4n) is 2.40. The Morgan fingerprint density at radius 1 is 1.42 bits per heavy atom. The second-order valence-corrected chi connectivity index (χ2v) is 6.37. The van der Waals surface area contributed by atoms with E-state index in [1.165, 1.54) is 18.4 Å². The summed E-state index contributed by atoms with van der Waals surface area (Å²) in [6, 6.07) is 6.21. The van der Waals surface area contributed by atoms with Gasteiger partial charge in [0.2, 0.25) is 0 Å². The molecule has 2 aliphatic rings. The summed E-state index contributed by atoms with van der Waals surface area (Å²) in [5.41, 5.74) is 9.63. The molecule has 5 heteroatoms. The fraction of sp³-hybridized carbons (Fsp3) is 0.571. The number of hydrogen-bond donors (Lipinski definition) is 0. The standard InChI is InChI=1S/C14H16BrN3O/c15-11-3-4-14(19-8-9-1-2-9)13(6-11)12-5-10(12)7-17-18-16/h3-4,6,9-10,12H,1-2,5,7-8H2/t10-,12+/m1/s1. The number of azide groups is 1. The van der Waals surface area contributed by atoms with Gasteiger partial charge >= 0.3 is 0 Å². The Hall–Kier alpha value is -1.19. The molecular weight excluding hydrogens is 306 g/mol. The highest BCUT2D eigenvalue weighted by atomic mass is 79.9. The third-order valence-electron chi connectivity index (χ3n) is 3.84. The first kappa shape index (κ1) is 12.8. The lowest BCUT2D eigenvalue weighted by atomic mass is 10.1. The van der Waals surface area contributed by atoms with Gasteiger partial charge in [-0.3, -0.25) is 0 Å². The molecule has 0 aliphatic heterocycles. The lowest BCUT2D eigenvalue weighted by Crippen LogP contribution is -2.02. The van der Waals surface area contributed by atoms with Crippen LogP contribution in [0.4, 0.5) is 0 Å². The van der Waals surface area contributed by atoms with Crippen molar-refractivity contribution < 1.29 is 4.74 Å². The largest absolute Gasteiger partial charge is 0.493 e. The quantitative estimate of drug-likeness (QED) is 0.427. The molecule has 100 valence electrons. The first-order chi connectivity index (χ1) is 9.28. The maximum Gasteiger partial charge on any atom is 0.122 e. The number of hydrogen-bond acceptors (Lipinski definition) is 2. The Morgan fingerprint density at radius 2 is 2.26 bits per heavy atom. The van der Waals surface area contributed by atoms with E-state index >= 15 is 0 Å². The van der Waals surface area contributed by atoms with Gasteiger partial charge in [-0.15, -0.1) is 0 Å². The molecule has 19 heavy (non-hydrogen) atoms. The molecule has 0 heterocycles. The van der Waals surface area contributed by atoms with Crippen molar-refractivity contribution in [3.63, 3.8) is 0 Å². The van der Waals surface area contributed by atoms with Crippen LogP contribution in [0, 0.1) is 11.8 Å². The summed E-state index contributed by atoms with van der Waals surface area (Å²) in [5.74, 6) is 2.73. The number of halogens is 1. The Balaban J connectivity index is 1.71. The molecule has 0 amide bonds. The van der Waals surface area contributed by atoms with Crippen molar-refractivity contribution >= 4 is 15.9 Å². The van der Waals surface area contributed by atoms with Gasteiger partial charge in [0.1, 0.15) is 5.75 Å². The second kappa shape index (κ2) is 5.43. The topological polar surface area (TPSA) is 58.0 Å². The SMILES string of the molecule is [N-]=[N+]=NC[C@H]1C[C@@H]1c1cc(Br)ccc1OCC1CC1. The lowest BCUT2D eigenvalue weighted by Gasteiger charge is -2.11. The van der Waals surface area contributed by atoms with Crippen LogP contribution in [-0.4, -0.2) is 13.2 Å². The smallest absolute Gasteiger partial charge is 0.122 e. The first-order valence-corrected chi connectivity index (χ1v) is 7.50. The monoisotopic (exact) mass is 321 g/mol. The zero-order valence-electron chi connectivity index (χ0n) is 10.6. The van der Waals surface area contributed by atoms with Gasteiger partial charge < -0.3 is 4.74 Å². The van der Waals surface area contributed by atoms with Crippen LogP contribution in [0.25, 0.3) is 10.4 Å². The number of benzene rings is 1. The van der Waals surface area contributed by atoms with E-state index in [0.717, 1.165) is 29.2 Å². The highest BCUT2D eigenvalue weighted by Gasteiger charge is 2.39. The van der Waals surface area contributed by atoms with Crippen LogP contribution in [0.15, 0.2) is 27.8 Å². The van der Waals surface area contributed by atoms with Crippen LogP contribution < -0.4 is 4.74 Å². The van der Waals surface area contributed by atoms with E-state index in [2.05, 4.69) is 32.0 Å². The highest BCUT2D eigenvalue weighted by molar-refractivity contribution is 9.10. The third-order valence-corrected chi connectivity index (χ3v) is 4.34. The lowest BCUT2D eigenvalue weighted by molar-refractivity contribution is 0.296. The predicted octanol–water partition coefficient (Wildman–Crippen LogP) is 4.65. The maximum absolute atomic E-state index is 8.38. The average molecular weight is 322 g/mol. The van der Waals surface area contributed by atoms with Crippen LogP contribution >= 0.6 is 15.9 Å². The Kier molecular flexibility index (Phi) is 3.67. The van der Waals surface area contributed by atoms with E-state index in [0.29, 0.717) is 18.4 Å². The first-order valence-electron chi connectivity index (χ1n) is 6.71. The summed E-state index contributed by atoms with van der Waals surface area (Å²) >= 11 is 3.52. The normalized spacial score (nSPS) is 24.7. The van der Waals surface area contributed by atoms with E-state index in [1.807, 2.05) is 12.1 Å². The van der Waals surface area contributed by atoms with Gasteiger partial charge in [-0.25, -0.2) is 0 Å². The van der Waals surface area contributed by atoms with Crippen LogP contribution in [0.3, 0.4) is 0 Å². The minimum absolute atomic E-state index is 0.480. The number of ether oxygens (including phenoxy) is 1. The average Bonchev–Trinajstić information content (AvgIpc) is 3.29. The van der Waals surface area contributed by atoms with Gasteiger partial charge in [0, 0.05) is 15.9 Å². The number of rotatable bonds is 6. The van der Waals surface area contributed by atoms with Crippen LogP contribution in [0.2, 0.25) is 0 Å². The molecule has 0 spiro atoms. The molecule has 0 N–H and O–H groups in total. The third kappa shape index (κ3) is 3.23. The molecule has 0 bridgehead atoms. The molecule has 2 atom stereocenters. The van der Waals surface area contributed by atoms with E-state index < -0.39 is 0 Å². The molecule has 1 aromatic carbocycles. The van der Waals surface area contributed by atoms with Crippen molar-refractivity contribution in [2.24, 2.45) is 17.0 Å². The summed E-state index contributed by atoms with van der Waals surface area (Å²) in [4.78, 5) is 2.84. The van der Waals surface area contributed by atoms with Gasteiger partial charge in [0.05, 0.1) is 6.61 Å². The zero-order valence-corrected chi connectivity index (χ0v) is 12.2. The van der Waals surface area contributed by atoms with E-state index in [-0.39, 0.29) is 0 Å². The van der Waals surface area contributed by atoms with Crippen molar-refractivity contribution in [3.8, 4) is 5.75 Å². The maximum atomic E-state index is 8.38.